The number of nitrogens with zero attached hydrogens (tertiary/aromatic N) is 5. The fourth-order valence-electron chi connectivity index (χ4n) is 5.98. The Morgan fingerprint density at radius 1 is 1.42 bits per heavy atom. The zero-order valence-electron chi connectivity index (χ0n) is 20.4. The largest absolute Gasteiger partial charge is 0.517 e. The third-order valence-corrected chi connectivity index (χ3v) is 9.16. The number of rotatable bonds is 7. The van der Waals surface area contributed by atoms with Crippen molar-refractivity contribution in [3.8, 4) is 0 Å². The van der Waals surface area contributed by atoms with E-state index in [-0.39, 0.29) is 46.1 Å². The molecule has 0 spiro atoms. The van der Waals surface area contributed by atoms with Gasteiger partial charge in [-0.15, -0.1) is 11.8 Å². The van der Waals surface area contributed by atoms with Gasteiger partial charge in [-0.05, 0) is 6.92 Å². The second-order valence-corrected chi connectivity index (χ2v) is 11.2. The van der Waals surface area contributed by atoms with E-state index in [1.54, 1.807) is 17.6 Å². The summed E-state index contributed by atoms with van der Waals surface area (Å²) in [5.41, 5.74) is 0.825. The number of hydrogen-bond acceptors (Lipinski definition) is 7. The highest BCUT2D eigenvalue weighted by Gasteiger charge is 2.61. The normalized spacial score (nSPS) is 32.5. The fourth-order valence-corrected chi connectivity index (χ4v) is 7.65. The Hall–Kier alpha value is -3.09. The van der Waals surface area contributed by atoms with Gasteiger partial charge in [0.1, 0.15) is 24.5 Å². The summed E-state index contributed by atoms with van der Waals surface area (Å²) in [6, 6.07) is 1.49. The number of aromatic nitrogens is 3. The lowest BCUT2D eigenvalue weighted by molar-refractivity contribution is -0.865. The van der Waals surface area contributed by atoms with Crippen molar-refractivity contribution in [3.05, 3.63) is 47.9 Å². The van der Waals surface area contributed by atoms with Gasteiger partial charge in [0.05, 0.1) is 36.6 Å². The molecule has 5 heterocycles. The Labute approximate surface area is 212 Å². The first kappa shape index (κ1) is 24.6. The molecule has 3 aliphatic rings. The van der Waals surface area contributed by atoms with Gasteiger partial charge in [-0.25, -0.2) is 13.8 Å². The molecule has 2 saturated heterocycles. The van der Waals surface area contributed by atoms with Crippen molar-refractivity contribution in [2.75, 3.05) is 20.2 Å². The van der Waals surface area contributed by atoms with E-state index in [9.17, 15) is 24.6 Å². The lowest BCUT2D eigenvalue weighted by Crippen LogP contribution is -2.63. The maximum Gasteiger partial charge on any atom is 0.517 e. The third-order valence-electron chi connectivity index (χ3n) is 7.66. The standard InChI is InChI=1S/C24H29N5O6S/c1-5-10-35-24(34)29(4)12-15(11-17(29)26-8-9-27-16(26)6-7-25-27)36-21-13(2)19-18(14(3)30)22(31)28(19)20(21)23(32)33/h5-9,13-15,17-19,30H,1,10-12H2,2-4H3/p+1/t13-,14-,15+,17+,18-,19-,29?/m1/s1. The van der Waals surface area contributed by atoms with E-state index in [2.05, 4.69) is 11.7 Å². The first-order valence-electron chi connectivity index (χ1n) is 11.9. The summed E-state index contributed by atoms with van der Waals surface area (Å²) >= 11 is 1.42. The molecular weight excluding hydrogens is 486 g/mol. The monoisotopic (exact) mass is 516 g/mol. The molecule has 2 N–H and O–H groups in total. The summed E-state index contributed by atoms with van der Waals surface area (Å²) in [5.74, 6) is -2.37. The molecule has 0 saturated carbocycles. The van der Waals surface area contributed by atoms with Gasteiger partial charge in [0.2, 0.25) is 5.91 Å². The number of hydrogen-bond donors (Lipinski definition) is 2. The number of thioether (sulfide) groups is 1. The van der Waals surface area contributed by atoms with Crippen LogP contribution in [0, 0.1) is 11.8 Å². The van der Waals surface area contributed by atoms with E-state index in [0.29, 0.717) is 17.9 Å². The van der Waals surface area contributed by atoms with Crippen molar-refractivity contribution in [2.24, 2.45) is 11.8 Å². The number of β-lactam (4-membered cyclic amide) rings is 1. The van der Waals surface area contributed by atoms with Gasteiger partial charge in [-0.3, -0.25) is 9.36 Å². The molecule has 36 heavy (non-hydrogen) atoms. The molecular formula is C24H30N5O6S+. The molecule has 5 rings (SSSR count). The molecule has 11 nitrogen and oxygen atoms in total. The predicted molar refractivity (Wildman–Crippen MR) is 130 cm³/mol. The van der Waals surface area contributed by atoms with Crippen LogP contribution in [0.1, 0.15) is 26.4 Å². The summed E-state index contributed by atoms with van der Waals surface area (Å²) in [6.45, 7) is 7.59. The number of aliphatic hydroxyl groups excluding tert-OH is 1. The summed E-state index contributed by atoms with van der Waals surface area (Å²) in [7, 11) is 1.83. The number of fused-ring (bicyclic) bond motifs is 2. The Morgan fingerprint density at radius 2 is 2.17 bits per heavy atom. The van der Waals surface area contributed by atoms with Gasteiger partial charge in [-0.2, -0.15) is 9.89 Å². The molecule has 0 bridgehead atoms. The van der Waals surface area contributed by atoms with Crippen molar-refractivity contribution >= 4 is 35.4 Å². The van der Waals surface area contributed by atoms with Crippen molar-refractivity contribution in [3.63, 3.8) is 0 Å². The van der Waals surface area contributed by atoms with E-state index in [4.69, 9.17) is 4.74 Å². The molecule has 0 aliphatic carbocycles. The molecule has 2 aromatic rings. The van der Waals surface area contributed by atoms with Crippen LogP contribution >= 0.6 is 11.8 Å². The number of carboxylic acids is 1. The Bertz CT molecular complexity index is 1280. The van der Waals surface area contributed by atoms with Crippen LogP contribution in [-0.2, 0) is 14.3 Å². The minimum Gasteiger partial charge on any atom is -0.477 e. The minimum atomic E-state index is -1.16. The second kappa shape index (κ2) is 8.79. The number of carbonyl (C=O) groups excluding carboxylic acids is 2. The topological polar surface area (TPSA) is 126 Å². The molecule has 2 fully saturated rings. The zero-order chi connectivity index (χ0) is 25.9. The molecule has 1 unspecified atom stereocenters. The highest BCUT2D eigenvalue weighted by atomic mass is 32.2. The molecule has 0 aromatic carbocycles. The van der Waals surface area contributed by atoms with Crippen LogP contribution in [0.3, 0.4) is 0 Å². The van der Waals surface area contributed by atoms with E-state index >= 15 is 0 Å². The highest BCUT2D eigenvalue weighted by Crippen LogP contribution is 2.53. The number of aliphatic carboxylic acids is 1. The van der Waals surface area contributed by atoms with Crippen LogP contribution in [0.4, 0.5) is 4.79 Å². The number of carboxylic acid groups (broad SMARTS) is 1. The van der Waals surface area contributed by atoms with Crippen LogP contribution in [0.2, 0.25) is 0 Å². The number of aliphatic hydroxyl groups is 1. The number of imidazole rings is 1. The number of quaternary nitrogens is 1. The van der Waals surface area contributed by atoms with Crippen LogP contribution in [-0.4, -0.2) is 89.3 Å². The quantitative estimate of drug-likeness (QED) is 0.325. The van der Waals surface area contributed by atoms with Gasteiger partial charge < -0.3 is 19.8 Å². The maximum atomic E-state index is 13.3. The summed E-state index contributed by atoms with van der Waals surface area (Å²) in [6.07, 6.45) is 5.94. The van der Waals surface area contributed by atoms with Gasteiger partial charge in [-0.1, -0.05) is 19.6 Å². The molecule has 2 amide bonds. The van der Waals surface area contributed by atoms with Gasteiger partial charge in [0.25, 0.3) is 0 Å². The minimum absolute atomic E-state index is 0.00886. The number of ether oxygens (including phenoxy) is 1. The van der Waals surface area contributed by atoms with Crippen molar-refractivity contribution in [2.45, 2.75) is 43.8 Å². The van der Waals surface area contributed by atoms with Crippen molar-refractivity contribution < 1.29 is 33.8 Å². The van der Waals surface area contributed by atoms with Crippen molar-refractivity contribution in [1.29, 1.82) is 0 Å². The van der Waals surface area contributed by atoms with E-state index < -0.39 is 24.1 Å². The lowest BCUT2D eigenvalue weighted by atomic mass is 9.79. The zero-order valence-corrected chi connectivity index (χ0v) is 21.2. The predicted octanol–water partition coefficient (Wildman–Crippen LogP) is 2.06. The van der Waals surface area contributed by atoms with Crippen molar-refractivity contribution in [1.82, 2.24) is 19.1 Å². The van der Waals surface area contributed by atoms with Crippen LogP contribution in [0.15, 0.2) is 47.9 Å². The summed E-state index contributed by atoms with van der Waals surface area (Å²) < 4.78 is 9.19. The first-order valence-corrected chi connectivity index (χ1v) is 12.8. The number of amides is 2. The van der Waals surface area contributed by atoms with Gasteiger partial charge in [0.15, 0.2) is 6.17 Å². The number of carbonyl (C=O) groups is 3. The molecule has 3 aliphatic heterocycles. The van der Waals surface area contributed by atoms with E-state index in [0.717, 1.165) is 5.65 Å². The van der Waals surface area contributed by atoms with Gasteiger partial charge >= 0.3 is 12.1 Å². The van der Waals surface area contributed by atoms with E-state index in [1.165, 1.54) is 22.7 Å². The third kappa shape index (κ3) is 3.50. The molecule has 2 aromatic heterocycles. The second-order valence-electron chi connectivity index (χ2n) is 9.88. The summed E-state index contributed by atoms with van der Waals surface area (Å²) in [5, 5.41) is 24.3. The smallest absolute Gasteiger partial charge is 0.477 e. The average molecular weight is 517 g/mol. The first-order chi connectivity index (χ1) is 17.1. The maximum absolute atomic E-state index is 13.3. The SMILES string of the molecule is C=CCOC(=O)[N+]1(C)C[C@@H](SC2=C(C(=O)O)N3C(=O)[C@H]([C@@H](C)O)[C@H]3[C@H]2C)C[C@H]1n1ccn2nccc12. The Balaban J connectivity index is 1.48. The Morgan fingerprint density at radius 3 is 2.83 bits per heavy atom. The van der Waals surface area contributed by atoms with Crippen LogP contribution in [0.25, 0.3) is 5.65 Å². The van der Waals surface area contributed by atoms with Crippen LogP contribution < -0.4 is 0 Å². The van der Waals surface area contributed by atoms with E-state index in [1.807, 2.05) is 37.0 Å². The average Bonchev–Trinajstić information content (AvgIpc) is 3.55. The van der Waals surface area contributed by atoms with Crippen LogP contribution in [0.5, 0.6) is 0 Å². The number of likely N-dealkylation sites (tertiary alicyclic amines) is 1. The fraction of sp³-hybridized carbons (Fsp3) is 0.500. The highest BCUT2D eigenvalue weighted by molar-refractivity contribution is 8.03. The Kier molecular flexibility index (Phi) is 6.00. The molecule has 0 radical (unpaired) electrons. The lowest BCUT2D eigenvalue weighted by Gasteiger charge is -2.46. The molecule has 7 atom stereocenters. The molecule has 12 heteroatoms. The molecule has 192 valence electrons. The van der Waals surface area contributed by atoms with Gasteiger partial charge in [0, 0.05) is 35.7 Å². The summed E-state index contributed by atoms with van der Waals surface area (Å²) in [4.78, 5) is 40.1.